The van der Waals surface area contributed by atoms with Crippen molar-refractivity contribution in [3.63, 3.8) is 0 Å². The first kappa shape index (κ1) is 13.1. The normalized spacial score (nSPS) is 24.2. The smallest absolute Gasteiger partial charge is 0.378 e. The molecular formula is C13H13F3O2. The molecule has 1 aromatic rings. The van der Waals surface area contributed by atoms with E-state index in [2.05, 4.69) is 0 Å². The Kier molecular flexibility index (Phi) is 3.43. The third-order valence-corrected chi connectivity index (χ3v) is 3.21. The number of hydrogen-bond acceptors (Lipinski definition) is 2. The third-order valence-electron chi connectivity index (χ3n) is 3.21. The summed E-state index contributed by atoms with van der Waals surface area (Å²) in [5.41, 5.74) is -0.430. The van der Waals surface area contributed by atoms with Crippen LogP contribution in [0.3, 0.4) is 0 Å². The lowest BCUT2D eigenvalue weighted by molar-refractivity contribution is -0.137. The first-order valence-electron chi connectivity index (χ1n) is 5.72. The molecule has 0 amide bonds. The van der Waals surface area contributed by atoms with E-state index >= 15 is 0 Å². The summed E-state index contributed by atoms with van der Waals surface area (Å²) >= 11 is 0. The van der Waals surface area contributed by atoms with Crippen molar-refractivity contribution in [1.82, 2.24) is 0 Å². The van der Waals surface area contributed by atoms with Gasteiger partial charge < -0.3 is 4.74 Å². The summed E-state index contributed by atoms with van der Waals surface area (Å²) in [6.07, 6.45) is -3.91. The van der Waals surface area contributed by atoms with Crippen molar-refractivity contribution < 1.29 is 22.7 Å². The molecule has 2 unspecified atom stereocenters. The fourth-order valence-electron chi connectivity index (χ4n) is 2.11. The van der Waals surface area contributed by atoms with Crippen LogP contribution in [0.4, 0.5) is 13.2 Å². The summed E-state index contributed by atoms with van der Waals surface area (Å²) in [6, 6.07) is 4.34. The molecule has 2 rings (SSSR count). The zero-order valence-electron chi connectivity index (χ0n) is 9.83. The van der Waals surface area contributed by atoms with E-state index in [9.17, 15) is 18.0 Å². The Morgan fingerprint density at radius 3 is 2.33 bits per heavy atom. The molecule has 2 atom stereocenters. The molecule has 1 heterocycles. The first-order chi connectivity index (χ1) is 8.39. The Bertz CT molecular complexity index is 437. The summed E-state index contributed by atoms with van der Waals surface area (Å²) in [7, 11) is 0. The van der Waals surface area contributed by atoms with Crippen molar-refractivity contribution in [1.29, 1.82) is 0 Å². The number of halogens is 3. The van der Waals surface area contributed by atoms with E-state index in [4.69, 9.17) is 4.74 Å². The van der Waals surface area contributed by atoms with Gasteiger partial charge in [-0.1, -0.05) is 12.1 Å². The molecule has 5 heteroatoms. The van der Waals surface area contributed by atoms with Crippen LogP contribution in [0, 0.1) is 5.92 Å². The zero-order chi connectivity index (χ0) is 13.3. The lowest BCUT2D eigenvalue weighted by atomic mass is 9.92. The molecule has 0 aliphatic carbocycles. The van der Waals surface area contributed by atoms with Crippen LogP contribution in [0.2, 0.25) is 0 Å². The second kappa shape index (κ2) is 4.72. The Hall–Kier alpha value is -1.36. The molecule has 1 saturated heterocycles. The Morgan fingerprint density at radius 1 is 1.28 bits per heavy atom. The van der Waals surface area contributed by atoms with Crippen LogP contribution in [0.5, 0.6) is 0 Å². The van der Waals surface area contributed by atoms with Crippen LogP contribution in [0.25, 0.3) is 0 Å². The van der Waals surface area contributed by atoms with Crippen molar-refractivity contribution in [3.05, 3.63) is 35.4 Å². The minimum absolute atomic E-state index is 0.145. The lowest BCUT2D eigenvalue weighted by Gasteiger charge is -2.13. The molecule has 2 nitrogen and oxygen atoms in total. The summed E-state index contributed by atoms with van der Waals surface area (Å²) in [5.74, 6) is -0.393. The highest BCUT2D eigenvalue weighted by Crippen LogP contribution is 2.30. The van der Waals surface area contributed by atoms with Gasteiger partial charge in [-0.15, -0.1) is 0 Å². The van der Waals surface area contributed by atoms with Gasteiger partial charge in [-0.05, 0) is 25.5 Å². The average molecular weight is 258 g/mol. The fourth-order valence-corrected chi connectivity index (χ4v) is 2.11. The van der Waals surface area contributed by atoms with Gasteiger partial charge in [-0.3, -0.25) is 4.79 Å². The van der Waals surface area contributed by atoms with E-state index in [1.54, 1.807) is 6.92 Å². The van der Waals surface area contributed by atoms with Gasteiger partial charge in [0.15, 0.2) is 5.78 Å². The summed E-state index contributed by atoms with van der Waals surface area (Å²) in [6.45, 7) is 2.33. The minimum Gasteiger partial charge on any atom is -0.378 e. The van der Waals surface area contributed by atoms with Gasteiger partial charge in [0.1, 0.15) is 0 Å². The van der Waals surface area contributed by atoms with Crippen molar-refractivity contribution in [2.75, 3.05) is 6.61 Å². The molecule has 0 radical (unpaired) electrons. The number of benzene rings is 1. The van der Waals surface area contributed by atoms with Gasteiger partial charge in [0.2, 0.25) is 0 Å². The zero-order valence-corrected chi connectivity index (χ0v) is 9.83. The molecule has 0 aromatic heterocycles. The van der Waals surface area contributed by atoms with E-state index < -0.39 is 11.7 Å². The summed E-state index contributed by atoms with van der Waals surface area (Å²) in [5, 5.41) is 0. The quantitative estimate of drug-likeness (QED) is 0.761. The van der Waals surface area contributed by atoms with Crippen molar-refractivity contribution >= 4 is 5.78 Å². The first-order valence-corrected chi connectivity index (χ1v) is 5.72. The minimum atomic E-state index is -4.37. The number of hydrogen-bond donors (Lipinski definition) is 0. The predicted molar refractivity (Wildman–Crippen MR) is 59.3 cm³/mol. The second-order valence-corrected chi connectivity index (χ2v) is 4.41. The van der Waals surface area contributed by atoms with Gasteiger partial charge >= 0.3 is 6.18 Å². The van der Waals surface area contributed by atoms with Crippen LogP contribution >= 0.6 is 0 Å². The molecule has 1 aromatic carbocycles. The van der Waals surface area contributed by atoms with Crippen LogP contribution in [0.15, 0.2) is 24.3 Å². The number of ether oxygens (including phenoxy) is 1. The van der Waals surface area contributed by atoms with Gasteiger partial charge in [-0.2, -0.15) is 13.2 Å². The van der Waals surface area contributed by atoms with E-state index in [-0.39, 0.29) is 17.8 Å². The molecule has 18 heavy (non-hydrogen) atoms. The fraction of sp³-hybridized carbons (Fsp3) is 0.462. The van der Waals surface area contributed by atoms with Crippen LogP contribution in [0.1, 0.15) is 29.3 Å². The van der Waals surface area contributed by atoms with Crippen LogP contribution in [-0.4, -0.2) is 18.5 Å². The number of carbonyl (C=O) groups excluding carboxylic acids is 1. The van der Waals surface area contributed by atoms with E-state index in [0.717, 1.165) is 12.1 Å². The monoisotopic (exact) mass is 258 g/mol. The van der Waals surface area contributed by atoms with Crippen LogP contribution < -0.4 is 0 Å². The molecule has 0 spiro atoms. The van der Waals surface area contributed by atoms with Gasteiger partial charge in [-0.25, -0.2) is 0 Å². The molecule has 0 N–H and O–H groups in total. The summed E-state index contributed by atoms with van der Waals surface area (Å²) < 4.78 is 42.4. The molecule has 1 aliphatic heterocycles. The molecule has 0 saturated carbocycles. The molecule has 0 bridgehead atoms. The van der Waals surface area contributed by atoms with Gasteiger partial charge in [0, 0.05) is 12.2 Å². The van der Waals surface area contributed by atoms with Crippen molar-refractivity contribution in [2.24, 2.45) is 5.92 Å². The van der Waals surface area contributed by atoms with E-state index in [1.165, 1.54) is 12.1 Å². The predicted octanol–water partition coefficient (Wildman–Crippen LogP) is 3.31. The maximum Gasteiger partial charge on any atom is 0.416 e. The molecular weight excluding hydrogens is 245 g/mol. The number of Topliss-reactive ketones (excluding diaryl/α,β-unsaturated/α-hetero) is 1. The Balaban J connectivity index is 2.17. The van der Waals surface area contributed by atoms with Crippen molar-refractivity contribution in [2.45, 2.75) is 25.6 Å². The molecule has 1 aliphatic rings. The maximum absolute atomic E-state index is 12.4. The molecule has 1 fully saturated rings. The van der Waals surface area contributed by atoms with E-state index in [0.29, 0.717) is 18.6 Å². The average Bonchev–Trinajstić information content (AvgIpc) is 2.73. The van der Waals surface area contributed by atoms with Gasteiger partial charge in [0.25, 0.3) is 0 Å². The number of rotatable bonds is 2. The van der Waals surface area contributed by atoms with Gasteiger partial charge in [0.05, 0.1) is 17.6 Å². The second-order valence-electron chi connectivity index (χ2n) is 4.41. The lowest BCUT2D eigenvalue weighted by Crippen LogP contribution is -2.21. The Labute approximate surface area is 103 Å². The van der Waals surface area contributed by atoms with Crippen LogP contribution in [-0.2, 0) is 10.9 Å². The largest absolute Gasteiger partial charge is 0.416 e. The van der Waals surface area contributed by atoms with E-state index in [1.807, 2.05) is 0 Å². The highest BCUT2D eigenvalue weighted by molar-refractivity contribution is 5.98. The maximum atomic E-state index is 12.4. The Morgan fingerprint density at radius 2 is 1.89 bits per heavy atom. The SMILES string of the molecule is CC1OCCC1C(=O)c1ccc(C(F)(F)F)cc1. The van der Waals surface area contributed by atoms with Crippen molar-refractivity contribution in [3.8, 4) is 0 Å². The highest BCUT2D eigenvalue weighted by Gasteiger charge is 2.33. The summed E-state index contributed by atoms with van der Waals surface area (Å²) in [4.78, 5) is 12.1. The number of carbonyl (C=O) groups is 1. The molecule has 98 valence electrons. The standard InChI is InChI=1S/C13H13F3O2/c1-8-11(6-7-18-8)12(17)9-2-4-10(5-3-9)13(14,15)16/h2-5,8,11H,6-7H2,1H3. The third kappa shape index (κ3) is 2.56. The number of alkyl halides is 3. The topological polar surface area (TPSA) is 26.3 Å². The number of ketones is 1. The highest BCUT2D eigenvalue weighted by atomic mass is 19.4.